The number of aryl methyl sites for hydroxylation is 1. The Hall–Kier alpha value is -1.90. The first kappa shape index (κ1) is 10.6. The number of fused-ring (bicyclic) bond motifs is 1. The third-order valence-corrected chi connectivity index (χ3v) is 2.49. The second kappa shape index (κ2) is 4.75. The van der Waals surface area contributed by atoms with Crippen LogP contribution in [0.5, 0.6) is 0 Å². The van der Waals surface area contributed by atoms with Crippen molar-refractivity contribution in [1.29, 1.82) is 0 Å². The Bertz CT molecular complexity index is 508. The van der Waals surface area contributed by atoms with E-state index in [9.17, 15) is 4.79 Å². The molecule has 0 aliphatic carbocycles. The fourth-order valence-electron chi connectivity index (χ4n) is 1.60. The standard InChI is InChI=1S/C13H13NO2/c1-16-13(15)7-6-10-8-11-4-2-3-5-12(11)14-9-10/h2-5,8-9H,6-7H2,1H3. The van der Waals surface area contributed by atoms with Crippen LogP contribution < -0.4 is 0 Å². The highest BCUT2D eigenvalue weighted by atomic mass is 16.5. The monoisotopic (exact) mass is 215 g/mol. The van der Waals surface area contributed by atoms with Crippen molar-refractivity contribution >= 4 is 16.9 Å². The lowest BCUT2D eigenvalue weighted by atomic mass is 10.1. The fourth-order valence-corrected chi connectivity index (χ4v) is 1.60. The molecule has 0 spiro atoms. The Morgan fingerprint density at radius 1 is 1.38 bits per heavy atom. The minimum atomic E-state index is -0.187. The van der Waals surface area contributed by atoms with E-state index in [1.807, 2.05) is 30.5 Å². The number of hydrogen-bond acceptors (Lipinski definition) is 3. The first-order valence-electron chi connectivity index (χ1n) is 5.20. The summed E-state index contributed by atoms with van der Waals surface area (Å²) in [6.45, 7) is 0. The number of ether oxygens (including phenoxy) is 1. The maximum Gasteiger partial charge on any atom is 0.305 e. The van der Waals surface area contributed by atoms with Gasteiger partial charge in [-0.1, -0.05) is 18.2 Å². The molecule has 16 heavy (non-hydrogen) atoms. The van der Waals surface area contributed by atoms with Crippen LogP contribution in [0, 0.1) is 0 Å². The lowest BCUT2D eigenvalue weighted by Gasteiger charge is -2.02. The number of methoxy groups -OCH3 is 1. The molecule has 3 nitrogen and oxygen atoms in total. The molecule has 0 N–H and O–H groups in total. The van der Waals surface area contributed by atoms with Crippen molar-refractivity contribution in [3.63, 3.8) is 0 Å². The number of carbonyl (C=O) groups is 1. The summed E-state index contributed by atoms with van der Waals surface area (Å²) < 4.78 is 4.60. The maximum atomic E-state index is 11.0. The van der Waals surface area contributed by atoms with Crippen molar-refractivity contribution in [3.05, 3.63) is 42.1 Å². The molecule has 0 aliphatic rings. The van der Waals surface area contributed by atoms with Crippen LogP contribution >= 0.6 is 0 Å². The molecule has 0 amide bonds. The summed E-state index contributed by atoms with van der Waals surface area (Å²) in [6, 6.07) is 9.99. The zero-order valence-corrected chi connectivity index (χ0v) is 9.14. The lowest BCUT2D eigenvalue weighted by Crippen LogP contribution is -2.02. The van der Waals surface area contributed by atoms with Crippen molar-refractivity contribution in [1.82, 2.24) is 4.98 Å². The maximum absolute atomic E-state index is 11.0. The Labute approximate surface area is 94.1 Å². The van der Waals surface area contributed by atoms with Gasteiger partial charge in [-0.05, 0) is 24.1 Å². The number of pyridine rings is 1. The third kappa shape index (κ3) is 2.37. The van der Waals surface area contributed by atoms with Crippen LogP contribution in [0.1, 0.15) is 12.0 Å². The highest BCUT2D eigenvalue weighted by Crippen LogP contribution is 2.13. The second-order valence-electron chi connectivity index (χ2n) is 3.61. The van der Waals surface area contributed by atoms with E-state index in [-0.39, 0.29) is 5.97 Å². The van der Waals surface area contributed by atoms with Gasteiger partial charge in [0.25, 0.3) is 0 Å². The molecule has 0 fully saturated rings. The summed E-state index contributed by atoms with van der Waals surface area (Å²) >= 11 is 0. The normalized spacial score (nSPS) is 10.3. The van der Waals surface area contributed by atoms with Crippen molar-refractivity contribution < 1.29 is 9.53 Å². The van der Waals surface area contributed by atoms with Crippen molar-refractivity contribution in [2.24, 2.45) is 0 Å². The number of carbonyl (C=O) groups excluding carboxylic acids is 1. The quantitative estimate of drug-likeness (QED) is 0.738. The molecule has 82 valence electrons. The van der Waals surface area contributed by atoms with Gasteiger partial charge in [-0.15, -0.1) is 0 Å². The Balaban J connectivity index is 2.16. The van der Waals surface area contributed by atoms with Gasteiger partial charge in [-0.3, -0.25) is 9.78 Å². The van der Waals surface area contributed by atoms with Crippen LogP contribution in [-0.4, -0.2) is 18.1 Å². The van der Waals surface area contributed by atoms with Crippen LogP contribution in [0.2, 0.25) is 0 Å². The zero-order valence-electron chi connectivity index (χ0n) is 9.14. The van der Waals surface area contributed by atoms with Crippen LogP contribution in [0.15, 0.2) is 36.5 Å². The van der Waals surface area contributed by atoms with Crippen molar-refractivity contribution in [3.8, 4) is 0 Å². The number of esters is 1. The van der Waals surface area contributed by atoms with E-state index >= 15 is 0 Å². The van der Waals surface area contributed by atoms with E-state index in [4.69, 9.17) is 0 Å². The Kier molecular flexibility index (Phi) is 3.15. The molecule has 0 unspecified atom stereocenters. The molecular formula is C13H13NO2. The minimum absolute atomic E-state index is 0.187. The third-order valence-electron chi connectivity index (χ3n) is 2.49. The van der Waals surface area contributed by atoms with Gasteiger partial charge < -0.3 is 4.74 Å². The summed E-state index contributed by atoms with van der Waals surface area (Å²) in [7, 11) is 1.40. The topological polar surface area (TPSA) is 39.2 Å². The largest absolute Gasteiger partial charge is 0.469 e. The van der Waals surface area contributed by atoms with Crippen LogP contribution in [-0.2, 0) is 16.0 Å². The number of aromatic nitrogens is 1. The van der Waals surface area contributed by atoms with E-state index < -0.39 is 0 Å². The summed E-state index contributed by atoms with van der Waals surface area (Å²) in [5, 5.41) is 1.10. The molecule has 0 saturated heterocycles. The molecule has 0 aliphatic heterocycles. The zero-order chi connectivity index (χ0) is 11.4. The van der Waals surface area contributed by atoms with E-state index in [0.717, 1.165) is 16.5 Å². The SMILES string of the molecule is COC(=O)CCc1cnc2ccccc2c1. The molecule has 0 saturated carbocycles. The van der Waals surface area contributed by atoms with Crippen LogP contribution in [0.4, 0.5) is 0 Å². The average Bonchev–Trinajstić information content (AvgIpc) is 2.35. The first-order valence-corrected chi connectivity index (χ1v) is 5.20. The molecule has 2 rings (SSSR count). The van der Waals surface area contributed by atoms with Gasteiger partial charge in [0.2, 0.25) is 0 Å². The van der Waals surface area contributed by atoms with Gasteiger partial charge in [0, 0.05) is 18.0 Å². The molecule has 0 bridgehead atoms. The molecular weight excluding hydrogens is 202 g/mol. The summed E-state index contributed by atoms with van der Waals surface area (Å²) in [5.41, 5.74) is 2.04. The molecule has 1 aromatic carbocycles. The summed E-state index contributed by atoms with van der Waals surface area (Å²) in [5.74, 6) is -0.187. The van der Waals surface area contributed by atoms with Crippen molar-refractivity contribution in [2.75, 3.05) is 7.11 Å². The lowest BCUT2D eigenvalue weighted by molar-refractivity contribution is -0.140. The van der Waals surface area contributed by atoms with Gasteiger partial charge in [-0.2, -0.15) is 0 Å². The van der Waals surface area contributed by atoms with Crippen molar-refractivity contribution in [2.45, 2.75) is 12.8 Å². The van der Waals surface area contributed by atoms with Gasteiger partial charge in [0.15, 0.2) is 0 Å². The molecule has 0 radical (unpaired) electrons. The number of nitrogens with zero attached hydrogens (tertiary/aromatic N) is 1. The molecule has 3 heteroatoms. The Morgan fingerprint density at radius 3 is 3.00 bits per heavy atom. The molecule has 2 aromatic rings. The number of rotatable bonds is 3. The summed E-state index contributed by atoms with van der Waals surface area (Å²) in [4.78, 5) is 15.3. The highest BCUT2D eigenvalue weighted by molar-refractivity contribution is 5.79. The van der Waals surface area contributed by atoms with E-state index in [0.29, 0.717) is 12.8 Å². The minimum Gasteiger partial charge on any atom is -0.469 e. The summed E-state index contributed by atoms with van der Waals surface area (Å²) in [6.07, 6.45) is 2.88. The predicted molar refractivity (Wildman–Crippen MR) is 62.1 cm³/mol. The van der Waals surface area contributed by atoms with Gasteiger partial charge in [0.05, 0.1) is 12.6 Å². The molecule has 1 aromatic heterocycles. The average molecular weight is 215 g/mol. The fraction of sp³-hybridized carbons (Fsp3) is 0.231. The number of benzene rings is 1. The number of hydrogen-bond donors (Lipinski definition) is 0. The first-order chi connectivity index (χ1) is 7.79. The Morgan fingerprint density at radius 2 is 2.19 bits per heavy atom. The molecule has 0 atom stereocenters. The van der Waals surface area contributed by atoms with Gasteiger partial charge in [-0.25, -0.2) is 0 Å². The van der Waals surface area contributed by atoms with E-state index in [2.05, 4.69) is 15.8 Å². The van der Waals surface area contributed by atoms with Gasteiger partial charge in [0.1, 0.15) is 0 Å². The van der Waals surface area contributed by atoms with Crippen LogP contribution in [0.3, 0.4) is 0 Å². The smallest absolute Gasteiger partial charge is 0.305 e. The highest BCUT2D eigenvalue weighted by Gasteiger charge is 2.02. The molecule has 1 heterocycles. The number of para-hydroxylation sites is 1. The predicted octanol–water partition coefficient (Wildman–Crippen LogP) is 2.34. The van der Waals surface area contributed by atoms with E-state index in [1.54, 1.807) is 0 Å². The second-order valence-corrected chi connectivity index (χ2v) is 3.61. The van der Waals surface area contributed by atoms with Gasteiger partial charge >= 0.3 is 5.97 Å². The van der Waals surface area contributed by atoms with E-state index in [1.165, 1.54) is 7.11 Å². The van der Waals surface area contributed by atoms with Crippen LogP contribution in [0.25, 0.3) is 10.9 Å².